The lowest BCUT2D eigenvalue weighted by Gasteiger charge is -2.11. The molecule has 0 N–H and O–H groups in total. The Morgan fingerprint density at radius 2 is 0.946 bits per heavy atom. The molecule has 11 rings (SSSR count). The fraction of sp³-hybridized carbons (Fsp3) is 0. The summed E-state index contributed by atoms with van der Waals surface area (Å²) in [5.74, 6) is 1.53. The van der Waals surface area contributed by atoms with Gasteiger partial charge in [0, 0.05) is 43.9 Å². The normalized spacial score (nSPS) is 12.6. The first-order valence-electron chi connectivity index (χ1n) is 20.4. The molecule has 8 aromatic carbocycles. The van der Waals surface area contributed by atoms with E-state index in [1.54, 1.807) is 0 Å². The number of nitrogens with zero attached hydrogens (tertiary/aromatic N) is 4. The highest BCUT2D eigenvalue weighted by Gasteiger charge is 2.17. The summed E-state index contributed by atoms with van der Waals surface area (Å²) in [5, 5.41) is 3.27. The molecule has 0 aliphatic heterocycles. The van der Waals surface area contributed by atoms with Gasteiger partial charge in [0.15, 0.2) is 17.5 Å². The molecule has 0 radical (unpaired) electrons. The summed E-state index contributed by atoms with van der Waals surface area (Å²) in [6.07, 6.45) is 0. The molecule has 3 aromatic heterocycles. The Kier molecular flexibility index (Phi) is 6.50. The summed E-state index contributed by atoms with van der Waals surface area (Å²) in [4.78, 5) is 14.9. The van der Waals surface area contributed by atoms with Gasteiger partial charge in [-0.2, -0.15) is 0 Å². The Morgan fingerprint density at radius 3 is 1.73 bits per heavy atom. The first-order chi connectivity index (χ1) is 29.4. The third kappa shape index (κ3) is 5.45. The van der Waals surface area contributed by atoms with Crippen LogP contribution in [0.3, 0.4) is 0 Å². The average Bonchev–Trinajstić information content (AvgIpc) is 3.86. The molecular weight excluding hydrogens is 685 g/mol. The van der Waals surface area contributed by atoms with Gasteiger partial charge in [-0.1, -0.05) is 127 Å². The van der Waals surface area contributed by atoms with Gasteiger partial charge in [-0.15, -0.1) is 0 Å². The van der Waals surface area contributed by atoms with Crippen LogP contribution in [0.2, 0.25) is 0 Å². The summed E-state index contributed by atoms with van der Waals surface area (Å²) >= 11 is 0. The van der Waals surface area contributed by atoms with Crippen molar-refractivity contribution in [3.8, 4) is 62.1 Å². The molecule has 0 aliphatic rings. The molecule has 0 bridgehead atoms. The maximum atomic E-state index is 9.11. The molecule has 5 heteroatoms. The van der Waals surface area contributed by atoms with Crippen molar-refractivity contribution in [3.63, 3.8) is 0 Å². The van der Waals surface area contributed by atoms with E-state index < -0.39 is 0 Å². The van der Waals surface area contributed by atoms with Crippen molar-refractivity contribution in [2.24, 2.45) is 0 Å². The molecule has 0 saturated carbocycles. The third-order valence-electron chi connectivity index (χ3n) is 10.4. The number of para-hydroxylation sites is 2. The molecule has 0 aliphatic carbocycles. The largest absolute Gasteiger partial charge is 0.456 e. The number of furan rings is 1. The summed E-state index contributed by atoms with van der Waals surface area (Å²) in [7, 11) is 0. The summed E-state index contributed by atoms with van der Waals surface area (Å²) in [6, 6.07) is 55.5. The van der Waals surface area contributed by atoms with Gasteiger partial charge in [-0.05, 0) is 89.0 Å². The molecule has 0 unspecified atom stereocenters. The van der Waals surface area contributed by atoms with Crippen LogP contribution in [0.5, 0.6) is 0 Å². The predicted octanol–water partition coefficient (Wildman–Crippen LogP) is 13.2. The Bertz CT molecular complexity index is 3470. The number of rotatable bonds is 6. The molecule has 3 heterocycles. The van der Waals surface area contributed by atoms with Crippen molar-refractivity contribution < 1.29 is 9.90 Å². The fourth-order valence-electron chi connectivity index (χ4n) is 7.65. The number of hydrogen-bond donors (Lipinski definition) is 0. The standard InChI is InChI=1S/C51H32N4O/c1-3-12-33(13-4-1)36-16-11-17-37(30-36)38-25-29-46-44(31-38)41-18-7-9-20-45(41)55(46)40-26-22-35(23-27-40)50-52-49(34-14-5-2-6-15-34)53-51(54-50)39-24-28-43-42-19-8-10-21-47(42)56-48(43)32-39/h1-32H/i7D,9D,18D,20D. The molecule has 0 spiro atoms. The smallest absolute Gasteiger partial charge is 0.164 e. The lowest BCUT2D eigenvalue weighted by atomic mass is 9.98. The Morgan fingerprint density at radius 1 is 0.375 bits per heavy atom. The summed E-state index contributed by atoms with van der Waals surface area (Å²) in [6.45, 7) is 0. The van der Waals surface area contributed by atoms with Gasteiger partial charge in [0.2, 0.25) is 0 Å². The molecule has 0 atom stereocenters. The topological polar surface area (TPSA) is 56.7 Å². The van der Waals surface area contributed by atoms with Gasteiger partial charge < -0.3 is 8.98 Å². The number of hydrogen-bond acceptors (Lipinski definition) is 4. The molecular formula is C51H32N4O. The van der Waals surface area contributed by atoms with E-state index in [1.165, 1.54) is 0 Å². The van der Waals surface area contributed by atoms with E-state index in [9.17, 15) is 0 Å². The zero-order valence-corrected chi connectivity index (χ0v) is 29.9. The average molecular weight is 721 g/mol. The number of aromatic nitrogens is 4. The van der Waals surface area contributed by atoms with Crippen LogP contribution in [-0.2, 0) is 0 Å². The second kappa shape index (κ2) is 13.0. The second-order valence-electron chi connectivity index (χ2n) is 13.8. The minimum Gasteiger partial charge on any atom is -0.456 e. The van der Waals surface area contributed by atoms with Crippen LogP contribution in [0.4, 0.5) is 0 Å². The lowest BCUT2D eigenvalue weighted by molar-refractivity contribution is 0.669. The van der Waals surface area contributed by atoms with Gasteiger partial charge >= 0.3 is 0 Å². The van der Waals surface area contributed by atoms with Crippen LogP contribution in [0.15, 0.2) is 198 Å². The molecule has 0 fully saturated rings. The Hall–Kier alpha value is -7.63. The summed E-state index contributed by atoms with van der Waals surface area (Å²) in [5.41, 5.74) is 10.0. The van der Waals surface area contributed by atoms with Crippen molar-refractivity contribution in [2.75, 3.05) is 0 Å². The maximum absolute atomic E-state index is 9.11. The van der Waals surface area contributed by atoms with Crippen LogP contribution < -0.4 is 0 Å². The van der Waals surface area contributed by atoms with Gasteiger partial charge in [0.05, 0.1) is 16.5 Å². The minimum absolute atomic E-state index is 0.0754. The van der Waals surface area contributed by atoms with Crippen LogP contribution in [0.25, 0.3) is 106 Å². The van der Waals surface area contributed by atoms with Crippen molar-refractivity contribution in [2.45, 2.75) is 0 Å². The number of fused-ring (bicyclic) bond motifs is 6. The third-order valence-corrected chi connectivity index (χ3v) is 10.4. The van der Waals surface area contributed by atoms with Crippen molar-refractivity contribution in [1.29, 1.82) is 0 Å². The van der Waals surface area contributed by atoms with Gasteiger partial charge in [0.1, 0.15) is 11.2 Å². The quantitative estimate of drug-likeness (QED) is 0.172. The van der Waals surface area contributed by atoms with Crippen LogP contribution in [0.1, 0.15) is 5.48 Å². The van der Waals surface area contributed by atoms with Crippen molar-refractivity contribution in [1.82, 2.24) is 19.5 Å². The first kappa shape index (κ1) is 27.9. The van der Waals surface area contributed by atoms with Crippen LogP contribution in [-0.4, -0.2) is 19.5 Å². The van der Waals surface area contributed by atoms with E-state index in [4.69, 9.17) is 24.9 Å². The highest BCUT2D eigenvalue weighted by atomic mass is 16.3. The zero-order valence-electron chi connectivity index (χ0n) is 33.9. The fourth-order valence-corrected chi connectivity index (χ4v) is 7.65. The minimum atomic E-state index is -0.282. The lowest BCUT2D eigenvalue weighted by Crippen LogP contribution is -2.00. The van der Waals surface area contributed by atoms with E-state index >= 15 is 0 Å². The molecule has 0 saturated heterocycles. The highest BCUT2D eigenvalue weighted by molar-refractivity contribution is 6.10. The molecule has 11 aromatic rings. The van der Waals surface area contributed by atoms with Gasteiger partial charge in [0.25, 0.3) is 0 Å². The van der Waals surface area contributed by atoms with Crippen molar-refractivity contribution >= 4 is 43.7 Å². The highest BCUT2D eigenvalue weighted by Crippen LogP contribution is 2.37. The first-order valence-corrected chi connectivity index (χ1v) is 18.4. The van der Waals surface area contributed by atoms with Crippen LogP contribution >= 0.6 is 0 Å². The van der Waals surface area contributed by atoms with E-state index in [1.807, 2.05) is 138 Å². The Labute approximate surface area is 328 Å². The van der Waals surface area contributed by atoms with E-state index in [0.29, 0.717) is 28.4 Å². The van der Waals surface area contributed by atoms with Crippen molar-refractivity contribution in [3.05, 3.63) is 194 Å². The van der Waals surface area contributed by atoms with Gasteiger partial charge in [-0.3, -0.25) is 0 Å². The predicted molar refractivity (Wildman–Crippen MR) is 229 cm³/mol. The van der Waals surface area contributed by atoms with E-state index in [0.717, 1.165) is 77.5 Å². The second-order valence-corrected chi connectivity index (χ2v) is 13.8. The Balaban J connectivity index is 1.04. The van der Waals surface area contributed by atoms with E-state index in [2.05, 4.69) is 36.4 Å². The zero-order chi connectivity index (χ0) is 40.5. The SMILES string of the molecule is [2H]c1c([2H])c([2H])c2c(c1[2H])c1cc(-c3cccc(-c4ccccc4)c3)ccc1n2-c1ccc(-c2nc(-c3ccccc3)nc(-c3ccc4c(c3)oc3ccccc34)n2)cc1. The molecule has 56 heavy (non-hydrogen) atoms. The monoisotopic (exact) mass is 720 g/mol. The van der Waals surface area contributed by atoms with Gasteiger partial charge in [-0.25, -0.2) is 15.0 Å². The molecule has 0 amide bonds. The molecule has 5 nitrogen and oxygen atoms in total. The molecule has 262 valence electrons. The van der Waals surface area contributed by atoms with E-state index in [-0.39, 0.29) is 24.2 Å². The number of benzene rings is 8. The van der Waals surface area contributed by atoms with Crippen LogP contribution in [0, 0.1) is 0 Å². The summed E-state index contributed by atoms with van der Waals surface area (Å²) < 4.78 is 43.6. The maximum Gasteiger partial charge on any atom is 0.164 e.